The summed E-state index contributed by atoms with van der Waals surface area (Å²) in [4.78, 5) is 15.5. The van der Waals surface area contributed by atoms with Gasteiger partial charge in [-0.2, -0.15) is 0 Å². The van der Waals surface area contributed by atoms with Crippen LogP contribution in [0.5, 0.6) is 0 Å². The Morgan fingerprint density at radius 1 is 1.35 bits per heavy atom. The van der Waals surface area contributed by atoms with Gasteiger partial charge in [-0.3, -0.25) is 4.79 Å². The molecule has 5 heteroatoms. The van der Waals surface area contributed by atoms with Gasteiger partial charge >= 0.3 is 0 Å². The maximum Gasteiger partial charge on any atom is 0.270 e. The van der Waals surface area contributed by atoms with Gasteiger partial charge in [-0.25, -0.2) is 4.98 Å². The number of amides is 1. The molecule has 2 aromatic rings. The van der Waals surface area contributed by atoms with Gasteiger partial charge in [0.2, 0.25) is 0 Å². The van der Waals surface area contributed by atoms with Crippen molar-refractivity contribution in [2.75, 3.05) is 12.3 Å². The third-order valence-corrected chi connectivity index (χ3v) is 2.97. The molecule has 0 aliphatic carbocycles. The first-order chi connectivity index (χ1) is 8.25. The summed E-state index contributed by atoms with van der Waals surface area (Å²) in [6, 6.07) is 10.0. The Kier molecular flexibility index (Phi) is 3.72. The number of nitrogens with one attached hydrogen (secondary N) is 1. The van der Waals surface area contributed by atoms with Crippen molar-refractivity contribution in [3.05, 3.63) is 47.0 Å². The van der Waals surface area contributed by atoms with E-state index in [1.165, 1.54) is 16.9 Å². The number of hydrogen-bond donors (Lipinski definition) is 2. The lowest BCUT2D eigenvalue weighted by molar-refractivity contribution is 0.0950. The van der Waals surface area contributed by atoms with Crippen LogP contribution in [-0.2, 0) is 6.42 Å². The molecule has 0 bridgehead atoms. The Balaban J connectivity index is 1.81. The maximum absolute atomic E-state index is 11.6. The molecule has 0 aliphatic heterocycles. The summed E-state index contributed by atoms with van der Waals surface area (Å²) in [5.41, 5.74) is 7.05. The van der Waals surface area contributed by atoms with Gasteiger partial charge in [-0.05, 0) is 12.0 Å². The third-order valence-electron chi connectivity index (χ3n) is 2.30. The van der Waals surface area contributed by atoms with Crippen LogP contribution in [0, 0.1) is 0 Å². The van der Waals surface area contributed by atoms with Gasteiger partial charge in [0.15, 0.2) is 5.13 Å². The highest BCUT2D eigenvalue weighted by atomic mass is 32.1. The van der Waals surface area contributed by atoms with Crippen LogP contribution in [-0.4, -0.2) is 17.4 Å². The minimum atomic E-state index is -0.172. The summed E-state index contributed by atoms with van der Waals surface area (Å²) < 4.78 is 0. The molecule has 0 spiro atoms. The van der Waals surface area contributed by atoms with Crippen LogP contribution in [0.1, 0.15) is 16.1 Å². The van der Waals surface area contributed by atoms with E-state index in [0.29, 0.717) is 17.4 Å². The smallest absolute Gasteiger partial charge is 0.270 e. The van der Waals surface area contributed by atoms with Crippen LogP contribution >= 0.6 is 11.3 Å². The Hall–Kier alpha value is -1.88. The van der Waals surface area contributed by atoms with Crippen molar-refractivity contribution in [2.24, 2.45) is 0 Å². The quantitative estimate of drug-likeness (QED) is 0.864. The number of nitrogen functional groups attached to an aromatic ring is 1. The zero-order chi connectivity index (χ0) is 12.1. The minimum Gasteiger partial charge on any atom is -0.375 e. The number of hydrogen-bond acceptors (Lipinski definition) is 4. The molecule has 0 radical (unpaired) electrons. The van der Waals surface area contributed by atoms with Crippen LogP contribution in [0.25, 0.3) is 0 Å². The first kappa shape index (κ1) is 11.6. The predicted molar refractivity (Wildman–Crippen MR) is 69.0 cm³/mol. The second kappa shape index (κ2) is 5.45. The van der Waals surface area contributed by atoms with Crippen molar-refractivity contribution >= 4 is 22.4 Å². The van der Waals surface area contributed by atoms with Crippen molar-refractivity contribution < 1.29 is 4.79 Å². The van der Waals surface area contributed by atoms with E-state index < -0.39 is 0 Å². The van der Waals surface area contributed by atoms with Crippen molar-refractivity contribution in [2.45, 2.75) is 6.42 Å². The fourth-order valence-corrected chi connectivity index (χ4v) is 1.99. The second-order valence-corrected chi connectivity index (χ2v) is 4.45. The average Bonchev–Trinajstić information content (AvgIpc) is 2.77. The summed E-state index contributed by atoms with van der Waals surface area (Å²) in [6.45, 7) is 0.597. The fraction of sp³-hybridized carbons (Fsp3) is 0.167. The van der Waals surface area contributed by atoms with Crippen LogP contribution < -0.4 is 11.1 Å². The zero-order valence-electron chi connectivity index (χ0n) is 9.22. The van der Waals surface area contributed by atoms with Gasteiger partial charge in [-0.15, -0.1) is 11.3 Å². The monoisotopic (exact) mass is 247 g/mol. The highest BCUT2D eigenvalue weighted by molar-refractivity contribution is 7.13. The first-order valence-corrected chi connectivity index (χ1v) is 6.17. The lowest BCUT2D eigenvalue weighted by atomic mass is 10.1. The van der Waals surface area contributed by atoms with E-state index in [4.69, 9.17) is 5.73 Å². The van der Waals surface area contributed by atoms with Crippen molar-refractivity contribution in [3.8, 4) is 0 Å². The highest BCUT2D eigenvalue weighted by Gasteiger charge is 2.08. The molecule has 88 valence electrons. The summed E-state index contributed by atoms with van der Waals surface area (Å²) in [7, 11) is 0. The van der Waals surface area contributed by atoms with E-state index in [2.05, 4.69) is 10.3 Å². The van der Waals surface area contributed by atoms with E-state index in [0.717, 1.165) is 6.42 Å². The summed E-state index contributed by atoms with van der Waals surface area (Å²) in [5, 5.41) is 4.89. The maximum atomic E-state index is 11.6. The highest BCUT2D eigenvalue weighted by Crippen LogP contribution is 2.10. The van der Waals surface area contributed by atoms with Crippen LogP contribution in [0.2, 0.25) is 0 Å². The molecule has 1 aromatic carbocycles. The molecule has 1 heterocycles. The van der Waals surface area contributed by atoms with Gasteiger partial charge in [0.25, 0.3) is 5.91 Å². The molecule has 4 nitrogen and oxygen atoms in total. The number of aromatic nitrogens is 1. The zero-order valence-corrected chi connectivity index (χ0v) is 10.0. The predicted octanol–water partition coefficient (Wildman–Crippen LogP) is 1.70. The topological polar surface area (TPSA) is 68.0 Å². The van der Waals surface area contributed by atoms with Crippen LogP contribution in [0.4, 0.5) is 5.13 Å². The number of benzene rings is 1. The summed E-state index contributed by atoms with van der Waals surface area (Å²) in [6.07, 6.45) is 0.812. The Bertz CT molecular complexity index is 495. The SMILES string of the molecule is Nc1nc(C(=O)NCCc2ccccc2)cs1. The van der Waals surface area contributed by atoms with E-state index in [1.807, 2.05) is 30.3 Å². The molecule has 3 N–H and O–H groups in total. The van der Waals surface area contributed by atoms with Gasteiger partial charge in [0.05, 0.1) is 0 Å². The van der Waals surface area contributed by atoms with E-state index in [9.17, 15) is 4.79 Å². The van der Waals surface area contributed by atoms with Crippen LogP contribution in [0.3, 0.4) is 0 Å². The number of nitrogens with two attached hydrogens (primary N) is 1. The Labute approximate surface area is 103 Å². The summed E-state index contributed by atoms with van der Waals surface area (Å²) >= 11 is 1.27. The van der Waals surface area contributed by atoms with E-state index in [-0.39, 0.29) is 5.91 Å². The number of carbonyl (C=O) groups is 1. The lowest BCUT2D eigenvalue weighted by Gasteiger charge is -2.03. The Morgan fingerprint density at radius 2 is 2.12 bits per heavy atom. The number of carbonyl (C=O) groups excluding carboxylic acids is 1. The number of rotatable bonds is 4. The van der Waals surface area contributed by atoms with Gasteiger partial charge in [-0.1, -0.05) is 30.3 Å². The van der Waals surface area contributed by atoms with E-state index >= 15 is 0 Å². The number of anilines is 1. The van der Waals surface area contributed by atoms with E-state index in [1.54, 1.807) is 5.38 Å². The molecule has 0 unspecified atom stereocenters. The fourth-order valence-electron chi connectivity index (χ4n) is 1.45. The molecule has 17 heavy (non-hydrogen) atoms. The minimum absolute atomic E-state index is 0.172. The molecule has 0 saturated heterocycles. The van der Waals surface area contributed by atoms with Gasteiger partial charge in [0, 0.05) is 11.9 Å². The third kappa shape index (κ3) is 3.29. The molecule has 2 rings (SSSR count). The first-order valence-electron chi connectivity index (χ1n) is 5.29. The molecule has 0 saturated carbocycles. The van der Waals surface area contributed by atoms with Gasteiger partial charge in [0.1, 0.15) is 5.69 Å². The molecule has 0 atom stereocenters. The summed E-state index contributed by atoms with van der Waals surface area (Å²) in [5.74, 6) is -0.172. The Morgan fingerprint density at radius 3 is 2.76 bits per heavy atom. The number of thiazole rings is 1. The molecule has 1 aromatic heterocycles. The standard InChI is InChI=1S/C12H13N3OS/c13-12-15-10(8-17-12)11(16)14-7-6-9-4-2-1-3-5-9/h1-5,8H,6-7H2,(H2,13,15)(H,14,16). The molecule has 0 aliphatic rings. The molecule has 1 amide bonds. The molecular weight excluding hydrogens is 234 g/mol. The van der Waals surface area contributed by atoms with Crippen molar-refractivity contribution in [3.63, 3.8) is 0 Å². The van der Waals surface area contributed by atoms with Crippen LogP contribution in [0.15, 0.2) is 35.7 Å². The van der Waals surface area contributed by atoms with Crippen molar-refractivity contribution in [1.29, 1.82) is 0 Å². The van der Waals surface area contributed by atoms with Crippen molar-refractivity contribution in [1.82, 2.24) is 10.3 Å². The largest absolute Gasteiger partial charge is 0.375 e. The lowest BCUT2D eigenvalue weighted by Crippen LogP contribution is -2.25. The second-order valence-electron chi connectivity index (χ2n) is 3.56. The molecule has 0 fully saturated rings. The number of nitrogens with zero attached hydrogens (tertiary/aromatic N) is 1. The normalized spacial score (nSPS) is 10.1. The molecular formula is C12H13N3OS. The average molecular weight is 247 g/mol. The van der Waals surface area contributed by atoms with Gasteiger partial charge < -0.3 is 11.1 Å².